The monoisotopic (exact) mass is 361 g/mol. The Bertz CT molecular complexity index is 701. The van der Waals surface area contributed by atoms with Crippen molar-refractivity contribution < 1.29 is 28.6 Å². The van der Waals surface area contributed by atoms with Crippen molar-refractivity contribution in [3.05, 3.63) is 48.0 Å². The fourth-order valence-electron chi connectivity index (χ4n) is 3.00. The number of rotatable bonds is 7. The molecule has 0 spiro atoms. The molecule has 1 fully saturated rings. The molecule has 7 heteroatoms. The zero-order chi connectivity index (χ0) is 19.3. The van der Waals surface area contributed by atoms with E-state index in [1.165, 1.54) is 12.0 Å². The lowest BCUT2D eigenvalue weighted by atomic mass is 9.90. The zero-order valence-electron chi connectivity index (χ0n) is 15.2. The van der Waals surface area contributed by atoms with E-state index in [2.05, 4.69) is 11.3 Å². The van der Waals surface area contributed by atoms with Crippen LogP contribution in [0.4, 0.5) is 0 Å². The first-order valence-electron chi connectivity index (χ1n) is 8.27. The molecule has 1 heterocycles. The average Bonchev–Trinajstić information content (AvgIpc) is 3.03. The number of esters is 2. The second-order valence-electron chi connectivity index (χ2n) is 6.10. The van der Waals surface area contributed by atoms with Gasteiger partial charge in [0.1, 0.15) is 12.1 Å². The van der Waals surface area contributed by atoms with Crippen LogP contribution in [0, 0.1) is 0 Å². The van der Waals surface area contributed by atoms with Gasteiger partial charge in [-0.25, -0.2) is 9.59 Å². The van der Waals surface area contributed by atoms with Crippen LogP contribution < -0.4 is 0 Å². The molecular formula is C19H23NO6. The van der Waals surface area contributed by atoms with Crippen LogP contribution in [0.5, 0.6) is 0 Å². The van der Waals surface area contributed by atoms with Gasteiger partial charge in [-0.15, -0.1) is 0 Å². The molecule has 0 N–H and O–H groups in total. The van der Waals surface area contributed by atoms with Gasteiger partial charge >= 0.3 is 11.9 Å². The predicted molar refractivity (Wildman–Crippen MR) is 92.8 cm³/mol. The van der Waals surface area contributed by atoms with Crippen molar-refractivity contribution >= 4 is 17.8 Å². The molecular weight excluding hydrogens is 338 g/mol. The number of nitrogens with zero attached hydrogens (tertiary/aromatic N) is 1. The van der Waals surface area contributed by atoms with Gasteiger partial charge < -0.3 is 14.2 Å². The molecule has 0 aliphatic carbocycles. The summed E-state index contributed by atoms with van der Waals surface area (Å²) in [6.45, 7) is 6.87. The average molecular weight is 361 g/mol. The molecule has 0 radical (unpaired) electrons. The third-order valence-electron chi connectivity index (χ3n) is 4.23. The van der Waals surface area contributed by atoms with E-state index in [9.17, 15) is 14.4 Å². The minimum absolute atomic E-state index is 0.0644. The Morgan fingerprint density at radius 1 is 1.35 bits per heavy atom. The van der Waals surface area contributed by atoms with Gasteiger partial charge in [-0.2, -0.15) is 0 Å². The first kappa shape index (κ1) is 19.7. The Balaban J connectivity index is 2.44. The molecule has 140 valence electrons. The Morgan fingerprint density at radius 3 is 2.58 bits per heavy atom. The van der Waals surface area contributed by atoms with Crippen LogP contribution in [-0.4, -0.2) is 48.6 Å². The highest BCUT2D eigenvalue weighted by atomic mass is 16.5. The van der Waals surface area contributed by atoms with Gasteiger partial charge in [0.05, 0.1) is 13.7 Å². The maximum Gasteiger partial charge on any atom is 0.333 e. The topological polar surface area (TPSA) is 82.1 Å². The van der Waals surface area contributed by atoms with Crippen molar-refractivity contribution in [3.8, 4) is 0 Å². The van der Waals surface area contributed by atoms with Crippen molar-refractivity contribution in [2.45, 2.75) is 32.0 Å². The first-order valence-corrected chi connectivity index (χ1v) is 8.27. The molecule has 1 aromatic carbocycles. The Kier molecular flexibility index (Phi) is 6.15. The number of carbonyl (C=O) groups is 3. The van der Waals surface area contributed by atoms with Crippen LogP contribution >= 0.6 is 0 Å². The molecule has 2 atom stereocenters. The van der Waals surface area contributed by atoms with Crippen LogP contribution in [0.15, 0.2) is 42.5 Å². The summed E-state index contributed by atoms with van der Waals surface area (Å²) in [6.07, 6.45) is -0.889. The van der Waals surface area contributed by atoms with Gasteiger partial charge in [0.2, 0.25) is 0 Å². The molecule has 0 aromatic heterocycles. The van der Waals surface area contributed by atoms with Gasteiger partial charge in [-0.3, -0.25) is 9.69 Å². The lowest BCUT2D eigenvalue weighted by molar-refractivity contribution is -0.166. The smallest absolute Gasteiger partial charge is 0.333 e. The summed E-state index contributed by atoms with van der Waals surface area (Å²) in [5.41, 5.74) is -0.679. The summed E-state index contributed by atoms with van der Waals surface area (Å²) < 4.78 is 15.5. The highest BCUT2D eigenvalue weighted by Crippen LogP contribution is 2.38. The number of benzene rings is 1. The van der Waals surface area contributed by atoms with Crippen LogP contribution in [0.2, 0.25) is 0 Å². The van der Waals surface area contributed by atoms with E-state index in [1.54, 1.807) is 26.0 Å². The Labute approximate surface area is 152 Å². The highest BCUT2D eigenvalue weighted by molar-refractivity contribution is 5.93. The molecule has 0 unspecified atom stereocenters. The summed E-state index contributed by atoms with van der Waals surface area (Å²) >= 11 is 0. The maximum absolute atomic E-state index is 12.8. The number of amides is 1. The van der Waals surface area contributed by atoms with Gasteiger partial charge in [0, 0.05) is 17.6 Å². The third-order valence-corrected chi connectivity index (χ3v) is 4.23. The standard InChI is InChI=1S/C19H23NO6/c1-5-25-18(23)19(3,11-13(2)17(22)24-4)20-15(21)12-26-16(20)14-9-7-6-8-10-14/h6-10,16H,2,5,11-12H2,1,3-4H3/t16-,19-/m1/s1. The molecule has 1 aromatic rings. The largest absolute Gasteiger partial charge is 0.466 e. The maximum atomic E-state index is 12.8. The number of hydrogen-bond donors (Lipinski definition) is 0. The third kappa shape index (κ3) is 3.77. The molecule has 7 nitrogen and oxygen atoms in total. The quantitative estimate of drug-likeness (QED) is 0.546. The van der Waals surface area contributed by atoms with E-state index in [-0.39, 0.29) is 31.1 Å². The van der Waals surface area contributed by atoms with E-state index in [1.807, 2.05) is 18.2 Å². The molecule has 1 aliphatic heterocycles. The van der Waals surface area contributed by atoms with Crippen LogP contribution in [0.3, 0.4) is 0 Å². The molecule has 1 saturated heterocycles. The number of ether oxygens (including phenoxy) is 3. The summed E-state index contributed by atoms with van der Waals surface area (Å²) in [6, 6.07) is 9.08. The molecule has 2 rings (SSSR count). The zero-order valence-corrected chi connectivity index (χ0v) is 15.2. The number of methoxy groups -OCH3 is 1. The normalized spacial score (nSPS) is 19.0. The van der Waals surface area contributed by atoms with E-state index in [4.69, 9.17) is 9.47 Å². The number of carbonyl (C=O) groups excluding carboxylic acids is 3. The van der Waals surface area contributed by atoms with Crippen molar-refractivity contribution in [2.75, 3.05) is 20.3 Å². The van der Waals surface area contributed by atoms with Crippen molar-refractivity contribution in [1.82, 2.24) is 4.90 Å². The van der Waals surface area contributed by atoms with Gasteiger partial charge in [0.15, 0.2) is 6.23 Å². The van der Waals surface area contributed by atoms with Gasteiger partial charge in [0.25, 0.3) is 5.91 Å². The summed E-state index contributed by atoms with van der Waals surface area (Å²) in [4.78, 5) is 38.5. The molecule has 26 heavy (non-hydrogen) atoms. The van der Waals surface area contributed by atoms with Crippen molar-refractivity contribution in [1.29, 1.82) is 0 Å². The van der Waals surface area contributed by atoms with Crippen LogP contribution in [0.1, 0.15) is 32.1 Å². The highest BCUT2D eigenvalue weighted by Gasteiger charge is 2.51. The fraction of sp³-hybridized carbons (Fsp3) is 0.421. The van der Waals surface area contributed by atoms with Crippen LogP contribution in [-0.2, 0) is 28.6 Å². The molecule has 0 bridgehead atoms. The molecule has 1 aliphatic rings. The number of hydrogen-bond acceptors (Lipinski definition) is 6. The van der Waals surface area contributed by atoms with Gasteiger partial charge in [-0.1, -0.05) is 36.9 Å². The predicted octanol–water partition coefficient (Wildman–Crippen LogP) is 1.99. The molecule has 1 amide bonds. The molecule has 0 saturated carbocycles. The second kappa shape index (κ2) is 8.14. The second-order valence-corrected chi connectivity index (χ2v) is 6.10. The SMILES string of the molecule is C=C(C[C@](C)(C(=O)OCC)N1C(=O)CO[C@@H]1c1ccccc1)C(=O)OC. The lowest BCUT2D eigenvalue weighted by Gasteiger charge is -2.39. The van der Waals surface area contributed by atoms with Gasteiger partial charge in [-0.05, 0) is 13.8 Å². The lowest BCUT2D eigenvalue weighted by Crippen LogP contribution is -2.55. The van der Waals surface area contributed by atoms with E-state index >= 15 is 0 Å². The summed E-state index contributed by atoms with van der Waals surface area (Å²) in [5.74, 6) is -1.65. The first-order chi connectivity index (χ1) is 12.3. The summed E-state index contributed by atoms with van der Waals surface area (Å²) in [7, 11) is 1.23. The van der Waals surface area contributed by atoms with E-state index < -0.39 is 23.7 Å². The summed E-state index contributed by atoms with van der Waals surface area (Å²) in [5, 5.41) is 0. The van der Waals surface area contributed by atoms with E-state index in [0.717, 1.165) is 5.56 Å². The van der Waals surface area contributed by atoms with Crippen molar-refractivity contribution in [3.63, 3.8) is 0 Å². The Morgan fingerprint density at radius 2 is 2.00 bits per heavy atom. The van der Waals surface area contributed by atoms with E-state index in [0.29, 0.717) is 0 Å². The Hall–Kier alpha value is -2.67. The van der Waals surface area contributed by atoms with Crippen LogP contribution in [0.25, 0.3) is 0 Å². The minimum atomic E-state index is -1.46. The fourth-order valence-corrected chi connectivity index (χ4v) is 3.00. The van der Waals surface area contributed by atoms with Crippen molar-refractivity contribution in [2.24, 2.45) is 0 Å². The minimum Gasteiger partial charge on any atom is -0.466 e.